The number of anilines is 1. The predicted octanol–water partition coefficient (Wildman–Crippen LogP) is 3.90. The Hall–Kier alpha value is -2.10. The van der Waals surface area contributed by atoms with Crippen molar-refractivity contribution in [1.29, 1.82) is 5.26 Å². The highest BCUT2D eigenvalue weighted by Crippen LogP contribution is 2.25. The van der Waals surface area contributed by atoms with E-state index < -0.39 is 10.0 Å². The largest absolute Gasteiger partial charge is 0.264 e. The van der Waals surface area contributed by atoms with Gasteiger partial charge in [0, 0.05) is 4.47 Å². The van der Waals surface area contributed by atoms with Crippen molar-refractivity contribution in [3.05, 3.63) is 71.2 Å². The summed E-state index contributed by atoms with van der Waals surface area (Å²) in [6, 6.07) is 15.5. The lowest BCUT2D eigenvalue weighted by atomic mass is 10.1. The topological polar surface area (TPSA) is 61.2 Å². The van der Waals surface area contributed by atoms with E-state index in [-0.39, 0.29) is 11.4 Å². The first-order valence-electron chi connectivity index (χ1n) is 6.84. The molecule has 2 rings (SSSR count). The molecular weight excluding hydrogens is 376 g/mol. The number of hydrogen-bond acceptors (Lipinski definition) is 3. The van der Waals surface area contributed by atoms with Crippen LogP contribution in [0, 0.1) is 11.3 Å². The molecule has 4 nitrogen and oxygen atoms in total. The van der Waals surface area contributed by atoms with Gasteiger partial charge in [-0.1, -0.05) is 34.1 Å². The van der Waals surface area contributed by atoms with Gasteiger partial charge in [0.05, 0.1) is 29.6 Å². The van der Waals surface area contributed by atoms with Crippen LogP contribution >= 0.6 is 15.9 Å². The molecule has 0 aliphatic rings. The smallest absolute Gasteiger partial charge is 0.263 e. The number of hydrogen-bond donors (Lipinski definition) is 0. The molecule has 0 aromatic heterocycles. The second-order valence-corrected chi connectivity index (χ2v) is 7.56. The lowest BCUT2D eigenvalue weighted by Crippen LogP contribution is -2.31. The molecule has 0 spiro atoms. The van der Waals surface area contributed by atoms with Crippen molar-refractivity contribution in [1.82, 2.24) is 0 Å². The highest BCUT2D eigenvalue weighted by molar-refractivity contribution is 9.10. The van der Waals surface area contributed by atoms with Gasteiger partial charge in [0.25, 0.3) is 10.0 Å². The summed E-state index contributed by atoms with van der Waals surface area (Å²) in [5.74, 6) is 0. The van der Waals surface area contributed by atoms with E-state index in [0.29, 0.717) is 12.1 Å². The van der Waals surface area contributed by atoms with Crippen molar-refractivity contribution >= 4 is 31.6 Å². The molecule has 0 radical (unpaired) electrons. The van der Waals surface area contributed by atoms with Gasteiger partial charge in [-0.2, -0.15) is 5.26 Å². The van der Waals surface area contributed by atoms with E-state index in [9.17, 15) is 8.42 Å². The molecule has 0 unspecified atom stereocenters. The number of sulfonamides is 1. The minimum Gasteiger partial charge on any atom is -0.263 e. The minimum atomic E-state index is -3.68. The van der Waals surface area contributed by atoms with Gasteiger partial charge in [-0.3, -0.25) is 4.31 Å². The Morgan fingerprint density at radius 1 is 1.13 bits per heavy atom. The summed E-state index contributed by atoms with van der Waals surface area (Å²) in [6.07, 6.45) is 1.83. The summed E-state index contributed by atoms with van der Waals surface area (Å²) in [4.78, 5) is 0.212. The van der Waals surface area contributed by atoms with Gasteiger partial charge < -0.3 is 0 Å². The van der Waals surface area contributed by atoms with Crippen LogP contribution in [0.3, 0.4) is 0 Å². The lowest BCUT2D eigenvalue weighted by molar-refractivity contribution is 0.593. The Balaban J connectivity index is 2.42. The van der Waals surface area contributed by atoms with Gasteiger partial charge in [-0.25, -0.2) is 8.42 Å². The molecule has 0 saturated carbocycles. The van der Waals surface area contributed by atoms with Gasteiger partial charge >= 0.3 is 0 Å². The SMILES string of the molecule is C=CCN(c1ccc(CC#N)cc1)S(=O)(=O)c1ccc(Br)cc1. The molecule has 2 aromatic rings. The van der Waals surface area contributed by atoms with Crippen molar-refractivity contribution in [2.45, 2.75) is 11.3 Å². The summed E-state index contributed by atoms with van der Waals surface area (Å²) in [6.45, 7) is 3.80. The zero-order valence-corrected chi connectivity index (χ0v) is 14.7. The van der Waals surface area contributed by atoms with Crippen molar-refractivity contribution < 1.29 is 8.42 Å². The average molecular weight is 391 g/mol. The molecule has 0 aliphatic carbocycles. The van der Waals surface area contributed by atoms with Crippen LogP contribution in [-0.4, -0.2) is 15.0 Å². The number of halogens is 1. The molecule has 0 saturated heterocycles. The summed E-state index contributed by atoms with van der Waals surface area (Å²) >= 11 is 3.30. The van der Waals surface area contributed by atoms with Crippen LogP contribution in [0.4, 0.5) is 5.69 Å². The molecule has 0 aliphatic heterocycles. The number of benzene rings is 2. The fourth-order valence-electron chi connectivity index (χ4n) is 2.06. The van der Waals surface area contributed by atoms with Crippen molar-refractivity contribution in [3.8, 4) is 6.07 Å². The molecule has 0 amide bonds. The van der Waals surface area contributed by atoms with Gasteiger partial charge in [0.2, 0.25) is 0 Å². The van der Waals surface area contributed by atoms with Gasteiger partial charge in [0.1, 0.15) is 0 Å². The molecule has 23 heavy (non-hydrogen) atoms. The Labute approximate surface area is 144 Å². The van der Waals surface area contributed by atoms with Crippen molar-refractivity contribution in [2.75, 3.05) is 10.8 Å². The summed E-state index contributed by atoms with van der Waals surface area (Å²) < 4.78 is 27.8. The van der Waals surface area contributed by atoms with Crippen molar-refractivity contribution in [2.24, 2.45) is 0 Å². The molecule has 6 heteroatoms. The van der Waals surface area contributed by atoms with Crippen LogP contribution < -0.4 is 4.31 Å². The maximum Gasteiger partial charge on any atom is 0.264 e. The Morgan fingerprint density at radius 2 is 1.74 bits per heavy atom. The summed E-state index contributed by atoms with van der Waals surface area (Å²) in [5, 5.41) is 8.71. The van der Waals surface area contributed by atoms with Gasteiger partial charge in [0.15, 0.2) is 0 Å². The molecule has 2 aromatic carbocycles. The molecule has 0 N–H and O–H groups in total. The lowest BCUT2D eigenvalue weighted by Gasteiger charge is -2.23. The first kappa shape index (κ1) is 17.3. The fourth-order valence-corrected chi connectivity index (χ4v) is 3.76. The van der Waals surface area contributed by atoms with E-state index in [4.69, 9.17) is 5.26 Å². The molecule has 118 valence electrons. The first-order valence-corrected chi connectivity index (χ1v) is 9.07. The highest BCUT2D eigenvalue weighted by atomic mass is 79.9. The standard InChI is InChI=1S/C17H15BrN2O2S/c1-2-13-20(16-7-3-14(4-8-16)11-12-19)23(21,22)17-9-5-15(18)6-10-17/h2-10H,1,11,13H2. The van der Waals surface area contributed by atoms with E-state index in [0.717, 1.165) is 10.0 Å². The fraction of sp³-hybridized carbons (Fsp3) is 0.118. The maximum absolute atomic E-state index is 12.9. The third-order valence-corrected chi connectivity index (χ3v) is 5.54. The van der Waals surface area contributed by atoms with Crippen LogP contribution in [0.15, 0.2) is 70.6 Å². The first-order chi connectivity index (χ1) is 11.0. The van der Waals surface area contributed by atoms with Crippen LogP contribution in [0.25, 0.3) is 0 Å². The van der Waals surface area contributed by atoms with E-state index in [1.165, 1.54) is 4.31 Å². The molecular formula is C17H15BrN2O2S. The molecule has 0 fully saturated rings. The summed E-state index contributed by atoms with van der Waals surface area (Å²) in [7, 11) is -3.68. The second kappa shape index (κ2) is 7.44. The minimum absolute atomic E-state index is 0.163. The van der Waals surface area contributed by atoms with Crippen molar-refractivity contribution in [3.63, 3.8) is 0 Å². The molecule has 0 heterocycles. The number of rotatable bonds is 6. The van der Waals surface area contributed by atoms with Crippen LogP contribution in [0.5, 0.6) is 0 Å². The molecule has 0 bridgehead atoms. The van der Waals surface area contributed by atoms with E-state index in [1.54, 1.807) is 54.6 Å². The Kier molecular flexibility index (Phi) is 5.59. The van der Waals surface area contributed by atoms with Gasteiger partial charge in [-0.15, -0.1) is 6.58 Å². The zero-order valence-electron chi connectivity index (χ0n) is 12.3. The third kappa shape index (κ3) is 4.01. The Bertz CT molecular complexity index is 822. The average Bonchev–Trinajstić information content (AvgIpc) is 2.54. The van der Waals surface area contributed by atoms with Crippen LogP contribution in [-0.2, 0) is 16.4 Å². The predicted molar refractivity (Wildman–Crippen MR) is 94.6 cm³/mol. The normalized spacial score (nSPS) is 10.8. The second-order valence-electron chi connectivity index (χ2n) is 4.78. The van der Waals surface area contributed by atoms with E-state index in [1.807, 2.05) is 0 Å². The third-order valence-electron chi connectivity index (χ3n) is 3.20. The summed E-state index contributed by atoms with van der Waals surface area (Å²) in [5.41, 5.74) is 1.38. The monoisotopic (exact) mass is 390 g/mol. The number of nitrogens with zero attached hydrogens (tertiary/aromatic N) is 2. The number of nitriles is 1. The maximum atomic E-state index is 12.9. The highest BCUT2D eigenvalue weighted by Gasteiger charge is 2.23. The zero-order chi connectivity index (χ0) is 16.9. The molecule has 0 atom stereocenters. The van der Waals surface area contributed by atoms with Gasteiger partial charge in [-0.05, 0) is 42.0 Å². The quantitative estimate of drug-likeness (QED) is 0.702. The van der Waals surface area contributed by atoms with E-state index in [2.05, 4.69) is 28.6 Å². The van der Waals surface area contributed by atoms with Crippen LogP contribution in [0.2, 0.25) is 0 Å². The van der Waals surface area contributed by atoms with E-state index >= 15 is 0 Å². The Morgan fingerprint density at radius 3 is 2.26 bits per heavy atom. The van der Waals surface area contributed by atoms with Crippen LogP contribution in [0.1, 0.15) is 5.56 Å².